The van der Waals surface area contributed by atoms with Crippen LogP contribution in [0.3, 0.4) is 0 Å². The molecule has 1 atom stereocenters. The summed E-state index contributed by atoms with van der Waals surface area (Å²) >= 11 is 0. The van der Waals surface area contributed by atoms with Crippen LogP contribution in [0.25, 0.3) is 0 Å². The monoisotopic (exact) mass is 186 g/mol. The Balaban J connectivity index is 3.74. The first-order valence-corrected chi connectivity index (χ1v) is 5.10. The Morgan fingerprint density at radius 2 is 2.08 bits per heavy atom. The largest absolute Gasteiger partial charge is 0.368 e. The van der Waals surface area contributed by atoms with E-state index in [0.717, 1.165) is 25.8 Å². The Morgan fingerprint density at radius 3 is 2.46 bits per heavy atom. The number of carbonyl (C=O) groups is 1. The molecule has 13 heavy (non-hydrogen) atoms. The summed E-state index contributed by atoms with van der Waals surface area (Å²) in [6.45, 7) is 7.20. The third-order valence-corrected chi connectivity index (χ3v) is 1.97. The number of carbonyl (C=O) groups excluding carboxylic acids is 1. The molecule has 0 aromatic carbocycles. The van der Waals surface area contributed by atoms with Crippen molar-refractivity contribution in [3.63, 3.8) is 0 Å². The molecular weight excluding hydrogens is 164 g/mol. The summed E-state index contributed by atoms with van der Waals surface area (Å²) in [5.74, 6) is 0.274. The number of nitrogens with one attached hydrogen (secondary N) is 1. The lowest BCUT2D eigenvalue weighted by Gasteiger charge is -2.16. The molecule has 3 nitrogen and oxygen atoms in total. The van der Waals surface area contributed by atoms with E-state index in [9.17, 15) is 4.79 Å². The fraction of sp³-hybridized carbons (Fsp3) is 0.900. The zero-order chi connectivity index (χ0) is 10.3. The number of hydrogen-bond donors (Lipinski definition) is 2. The molecule has 1 amide bonds. The van der Waals surface area contributed by atoms with Crippen molar-refractivity contribution >= 4 is 5.91 Å². The van der Waals surface area contributed by atoms with Crippen LogP contribution in [-0.4, -0.2) is 18.5 Å². The lowest BCUT2D eigenvalue weighted by molar-refractivity contribution is -0.120. The lowest BCUT2D eigenvalue weighted by atomic mass is 10.0. The van der Waals surface area contributed by atoms with Crippen molar-refractivity contribution < 1.29 is 4.79 Å². The third kappa shape index (κ3) is 6.58. The second-order valence-electron chi connectivity index (χ2n) is 3.89. The second kappa shape index (κ2) is 6.89. The van der Waals surface area contributed by atoms with E-state index >= 15 is 0 Å². The molecule has 78 valence electrons. The Bertz CT molecular complexity index is 146. The van der Waals surface area contributed by atoms with Crippen LogP contribution >= 0.6 is 0 Å². The fourth-order valence-corrected chi connectivity index (χ4v) is 1.22. The molecule has 0 aliphatic heterocycles. The number of unbranched alkanes of at least 4 members (excludes halogenated alkanes) is 1. The summed E-state index contributed by atoms with van der Waals surface area (Å²) in [6.07, 6.45) is 3.07. The highest BCUT2D eigenvalue weighted by Crippen LogP contribution is 2.04. The van der Waals surface area contributed by atoms with Gasteiger partial charge in [0.05, 0.1) is 6.04 Å². The Hall–Kier alpha value is -0.570. The molecule has 0 aromatic rings. The molecule has 0 saturated heterocycles. The van der Waals surface area contributed by atoms with E-state index in [0.29, 0.717) is 5.92 Å². The number of rotatable bonds is 7. The molecule has 0 bridgehead atoms. The standard InChI is InChI=1S/C10H22N2O/c1-4-5-6-12-9(10(11)13)7-8(2)3/h8-9,12H,4-7H2,1-3H3,(H2,11,13)/t9-/m0/s1. The van der Waals surface area contributed by atoms with E-state index in [1.807, 2.05) is 0 Å². The van der Waals surface area contributed by atoms with E-state index in [4.69, 9.17) is 5.73 Å². The van der Waals surface area contributed by atoms with Crippen LogP contribution in [0.4, 0.5) is 0 Å². The SMILES string of the molecule is CCCCN[C@@H](CC(C)C)C(N)=O. The van der Waals surface area contributed by atoms with E-state index in [1.54, 1.807) is 0 Å². The molecule has 0 heterocycles. The van der Waals surface area contributed by atoms with E-state index in [2.05, 4.69) is 26.1 Å². The van der Waals surface area contributed by atoms with Crippen LogP contribution in [0.15, 0.2) is 0 Å². The molecule has 0 spiro atoms. The maximum Gasteiger partial charge on any atom is 0.234 e. The van der Waals surface area contributed by atoms with Crippen LogP contribution in [0.5, 0.6) is 0 Å². The van der Waals surface area contributed by atoms with Crippen molar-refractivity contribution in [3.8, 4) is 0 Å². The normalized spacial score (nSPS) is 13.2. The van der Waals surface area contributed by atoms with Crippen LogP contribution in [0, 0.1) is 5.92 Å². The van der Waals surface area contributed by atoms with Crippen molar-refractivity contribution in [3.05, 3.63) is 0 Å². The number of primary amides is 1. The molecule has 0 saturated carbocycles. The van der Waals surface area contributed by atoms with Gasteiger partial charge in [0.2, 0.25) is 5.91 Å². The summed E-state index contributed by atoms with van der Waals surface area (Å²) in [5.41, 5.74) is 5.27. The molecule has 0 aliphatic rings. The lowest BCUT2D eigenvalue weighted by Crippen LogP contribution is -2.42. The highest BCUT2D eigenvalue weighted by molar-refractivity contribution is 5.79. The summed E-state index contributed by atoms with van der Waals surface area (Å²) in [5, 5.41) is 3.18. The van der Waals surface area contributed by atoms with Gasteiger partial charge in [0.25, 0.3) is 0 Å². The molecule has 0 fully saturated rings. The van der Waals surface area contributed by atoms with Gasteiger partial charge < -0.3 is 11.1 Å². The number of nitrogens with two attached hydrogens (primary N) is 1. The molecule has 0 radical (unpaired) electrons. The van der Waals surface area contributed by atoms with Crippen LogP contribution in [0.1, 0.15) is 40.0 Å². The molecule has 0 rings (SSSR count). The average Bonchev–Trinajstić information content (AvgIpc) is 2.02. The van der Waals surface area contributed by atoms with Gasteiger partial charge in [-0.25, -0.2) is 0 Å². The van der Waals surface area contributed by atoms with Gasteiger partial charge in [0, 0.05) is 0 Å². The molecular formula is C10H22N2O. The van der Waals surface area contributed by atoms with E-state index < -0.39 is 0 Å². The van der Waals surface area contributed by atoms with Gasteiger partial charge in [-0.05, 0) is 25.3 Å². The predicted octanol–water partition coefficient (Wildman–Crippen LogP) is 1.28. The fourth-order valence-electron chi connectivity index (χ4n) is 1.22. The third-order valence-electron chi connectivity index (χ3n) is 1.97. The van der Waals surface area contributed by atoms with Crippen molar-refractivity contribution in [2.24, 2.45) is 11.7 Å². The van der Waals surface area contributed by atoms with E-state index in [1.165, 1.54) is 0 Å². The predicted molar refractivity (Wildman–Crippen MR) is 55.3 cm³/mol. The Morgan fingerprint density at radius 1 is 1.46 bits per heavy atom. The van der Waals surface area contributed by atoms with Crippen LogP contribution < -0.4 is 11.1 Å². The molecule has 0 aromatic heterocycles. The van der Waals surface area contributed by atoms with Crippen molar-refractivity contribution in [1.82, 2.24) is 5.32 Å². The minimum atomic E-state index is -0.232. The number of amides is 1. The molecule has 3 heteroatoms. The van der Waals surface area contributed by atoms with Crippen LogP contribution in [0.2, 0.25) is 0 Å². The first-order valence-electron chi connectivity index (χ1n) is 5.10. The zero-order valence-electron chi connectivity index (χ0n) is 8.97. The van der Waals surface area contributed by atoms with Crippen molar-refractivity contribution in [2.45, 2.75) is 46.1 Å². The summed E-state index contributed by atoms with van der Waals surface area (Å²) in [4.78, 5) is 11.0. The minimum Gasteiger partial charge on any atom is -0.368 e. The maximum absolute atomic E-state index is 11.0. The van der Waals surface area contributed by atoms with Crippen molar-refractivity contribution in [2.75, 3.05) is 6.54 Å². The highest BCUT2D eigenvalue weighted by Gasteiger charge is 2.15. The minimum absolute atomic E-state index is 0.147. The maximum atomic E-state index is 11.0. The topological polar surface area (TPSA) is 55.1 Å². The molecule has 0 unspecified atom stereocenters. The van der Waals surface area contributed by atoms with Gasteiger partial charge in [-0.1, -0.05) is 27.2 Å². The highest BCUT2D eigenvalue weighted by atomic mass is 16.1. The van der Waals surface area contributed by atoms with Gasteiger partial charge >= 0.3 is 0 Å². The van der Waals surface area contributed by atoms with Gasteiger partial charge in [0.1, 0.15) is 0 Å². The van der Waals surface area contributed by atoms with Crippen molar-refractivity contribution in [1.29, 1.82) is 0 Å². The average molecular weight is 186 g/mol. The summed E-state index contributed by atoms with van der Waals surface area (Å²) in [7, 11) is 0. The van der Waals surface area contributed by atoms with E-state index in [-0.39, 0.29) is 11.9 Å². The van der Waals surface area contributed by atoms with Gasteiger partial charge in [0.15, 0.2) is 0 Å². The summed E-state index contributed by atoms with van der Waals surface area (Å²) < 4.78 is 0. The Labute approximate surface area is 81.1 Å². The second-order valence-corrected chi connectivity index (χ2v) is 3.89. The smallest absolute Gasteiger partial charge is 0.234 e. The van der Waals surface area contributed by atoms with Gasteiger partial charge in [-0.3, -0.25) is 4.79 Å². The first-order chi connectivity index (χ1) is 6.07. The quantitative estimate of drug-likeness (QED) is 0.588. The van der Waals surface area contributed by atoms with Gasteiger partial charge in [-0.2, -0.15) is 0 Å². The Kier molecular flexibility index (Phi) is 6.59. The molecule has 3 N–H and O–H groups in total. The molecule has 0 aliphatic carbocycles. The van der Waals surface area contributed by atoms with Crippen LogP contribution in [-0.2, 0) is 4.79 Å². The number of hydrogen-bond acceptors (Lipinski definition) is 2. The first kappa shape index (κ1) is 12.4. The zero-order valence-corrected chi connectivity index (χ0v) is 8.97. The van der Waals surface area contributed by atoms with Gasteiger partial charge in [-0.15, -0.1) is 0 Å². The summed E-state index contributed by atoms with van der Waals surface area (Å²) in [6, 6.07) is -0.147.